The number of methoxy groups -OCH3 is 1. The Balaban J connectivity index is 1.91. The van der Waals surface area contributed by atoms with Crippen LogP contribution in [0.2, 0.25) is 0 Å². The van der Waals surface area contributed by atoms with E-state index < -0.39 is 0 Å². The van der Waals surface area contributed by atoms with Gasteiger partial charge in [-0.05, 0) is 23.4 Å². The van der Waals surface area contributed by atoms with Gasteiger partial charge in [0.2, 0.25) is 0 Å². The van der Waals surface area contributed by atoms with E-state index >= 15 is 0 Å². The molecule has 5 heteroatoms. The van der Waals surface area contributed by atoms with E-state index in [4.69, 9.17) is 4.74 Å². The first kappa shape index (κ1) is 10.5. The minimum Gasteiger partial charge on any atom is -0.478 e. The molecule has 0 radical (unpaired) electrons. The van der Waals surface area contributed by atoms with Crippen molar-refractivity contribution in [3.63, 3.8) is 0 Å². The van der Waals surface area contributed by atoms with Gasteiger partial charge in [0.05, 0.1) is 7.11 Å². The van der Waals surface area contributed by atoms with Crippen LogP contribution in [0.15, 0.2) is 23.8 Å². The van der Waals surface area contributed by atoms with Gasteiger partial charge in [0.1, 0.15) is 0 Å². The SMILES string of the molecule is COc1nccnc1N1CCc2sccc2C1. The first-order chi connectivity index (χ1) is 8.38. The number of ether oxygens (including phenoxy) is 1. The van der Waals surface area contributed by atoms with Crippen LogP contribution in [0.5, 0.6) is 5.88 Å². The Kier molecular flexibility index (Phi) is 2.68. The average molecular weight is 247 g/mol. The van der Waals surface area contributed by atoms with Gasteiger partial charge in [0.25, 0.3) is 5.88 Å². The number of fused-ring (bicyclic) bond motifs is 1. The minimum absolute atomic E-state index is 0.603. The van der Waals surface area contributed by atoms with E-state index in [2.05, 4.69) is 26.3 Å². The second kappa shape index (κ2) is 4.33. The smallest absolute Gasteiger partial charge is 0.257 e. The van der Waals surface area contributed by atoms with Crippen molar-refractivity contribution in [3.8, 4) is 5.88 Å². The molecular weight excluding hydrogens is 234 g/mol. The van der Waals surface area contributed by atoms with Crippen molar-refractivity contribution < 1.29 is 4.74 Å². The number of nitrogens with zero attached hydrogens (tertiary/aromatic N) is 3. The number of thiophene rings is 1. The van der Waals surface area contributed by atoms with Crippen LogP contribution in [0, 0.1) is 0 Å². The Morgan fingerprint density at radius 3 is 3.12 bits per heavy atom. The molecule has 1 aliphatic heterocycles. The van der Waals surface area contributed by atoms with Crippen molar-refractivity contribution in [2.24, 2.45) is 0 Å². The van der Waals surface area contributed by atoms with Crippen molar-refractivity contribution in [2.75, 3.05) is 18.6 Å². The van der Waals surface area contributed by atoms with Gasteiger partial charge in [-0.1, -0.05) is 0 Å². The maximum Gasteiger partial charge on any atom is 0.257 e. The quantitative estimate of drug-likeness (QED) is 0.814. The molecule has 0 atom stereocenters. The molecule has 0 aliphatic carbocycles. The highest BCUT2D eigenvalue weighted by atomic mass is 32.1. The van der Waals surface area contributed by atoms with Gasteiger partial charge in [-0.25, -0.2) is 9.97 Å². The second-order valence-corrected chi connectivity index (χ2v) is 4.93. The monoisotopic (exact) mass is 247 g/mol. The van der Waals surface area contributed by atoms with Crippen molar-refractivity contribution in [1.82, 2.24) is 9.97 Å². The fraction of sp³-hybridized carbons (Fsp3) is 0.333. The van der Waals surface area contributed by atoms with Crippen LogP contribution in [0.1, 0.15) is 10.4 Å². The Bertz CT molecular complexity index is 526. The van der Waals surface area contributed by atoms with Crippen LogP contribution >= 0.6 is 11.3 Å². The molecule has 0 saturated heterocycles. The summed E-state index contributed by atoms with van der Waals surface area (Å²) in [5.74, 6) is 1.44. The van der Waals surface area contributed by atoms with Crippen LogP contribution in [0.4, 0.5) is 5.82 Å². The third kappa shape index (κ3) is 1.86. The molecule has 1 aliphatic rings. The van der Waals surface area contributed by atoms with E-state index in [9.17, 15) is 0 Å². The molecule has 88 valence electrons. The molecule has 3 rings (SSSR count). The molecular formula is C12H13N3OS. The highest BCUT2D eigenvalue weighted by molar-refractivity contribution is 7.10. The van der Waals surface area contributed by atoms with Gasteiger partial charge in [0, 0.05) is 30.4 Å². The molecule has 0 bridgehead atoms. The zero-order valence-electron chi connectivity index (χ0n) is 9.59. The predicted molar refractivity (Wildman–Crippen MR) is 67.7 cm³/mol. The molecule has 3 heterocycles. The number of aromatic nitrogens is 2. The number of rotatable bonds is 2. The summed E-state index contributed by atoms with van der Waals surface area (Å²) in [6.07, 6.45) is 4.44. The van der Waals surface area contributed by atoms with Gasteiger partial charge in [0.15, 0.2) is 5.82 Å². The number of hydrogen-bond acceptors (Lipinski definition) is 5. The fourth-order valence-electron chi connectivity index (χ4n) is 2.11. The first-order valence-corrected chi connectivity index (χ1v) is 6.41. The van der Waals surface area contributed by atoms with Gasteiger partial charge in [-0.15, -0.1) is 11.3 Å². The number of anilines is 1. The average Bonchev–Trinajstić information content (AvgIpc) is 2.85. The zero-order valence-corrected chi connectivity index (χ0v) is 10.4. The molecule has 0 spiro atoms. The Morgan fingerprint density at radius 2 is 2.24 bits per heavy atom. The van der Waals surface area contributed by atoms with Crippen molar-refractivity contribution >= 4 is 17.2 Å². The van der Waals surface area contributed by atoms with Crippen LogP contribution in [-0.4, -0.2) is 23.6 Å². The minimum atomic E-state index is 0.603. The fourth-order valence-corrected chi connectivity index (χ4v) is 3.00. The van der Waals surface area contributed by atoms with E-state index in [0.29, 0.717) is 5.88 Å². The second-order valence-electron chi connectivity index (χ2n) is 3.93. The maximum absolute atomic E-state index is 5.26. The predicted octanol–water partition coefficient (Wildman–Crippen LogP) is 2.11. The third-order valence-corrected chi connectivity index (χ3v) is 3.97. The topological polar surface area (TPSA) is 38.3 Å². The molecule has 4 nitrogen and oxygen atoms in total. The highest BCUT2D eigenvalue weighted by Crippen LogP contribution is 2.30. The first-order valence-electron chi connectivity index (χ1n) is 5.53. The van der Waals surface area contributed by atoms with E-state index in [-0.39, 0.29) is 0 Å². The Labute approximate surface area is 104 Å². The number of hydrogen-bond donors (Lipinski definition) is 0. The van der Waals surface area contributed by atoms with E-state index in [0.717, 1.165) is 25.3 Å². The van der Waals surface area contributed by atoms with E-state index in [1.54, 1.807) is 19.5 Å². The molecule has 2 aromatic rings. The summed E-state index contributed by atoms with van der Waals surface area (Å²) < 4.78 is 5.26. The third-order valence-electron chi connectivity index (χ3n) is 2.95. The molecule has 0 aromatic carbocycles. The molecule has 0 saturated carbocycles. The zero-order chi connectivity index (χ0) is 11.7. The van der Waals surface area contributed by atoms with E-state index in [1.807, 2.05) is 11.3 Å². The summed E-state index contributed by atoms with van der Waals surface area (Å²) in [5.41, 5.74) is 1.40. The summed E-state index contributed by atoms with van der Waals surface area (Å²) in [4.78, 5) is 12.3. The highest BCUT2D eigenvalue weighted by Gasteiger charge is 2.21. The summed E-state index contributed by atoms with van der Waals surface area (Å²) in [5, 5.41) is 2.15. The van der Waals surface area contributed by atoms with Gasteiger partial charge >= 0.3 is 0 Å². The summed E-state index contributed by atoms with van der Waals surface area (Å²) in [6, 6.07) is 2.19. The van der Waals surface area contributed by atoms with Gasteiger partial charge in [-0.3, -0.25) is 0 Å². The normalized spacial score (nSPS) is 14.5. The summed E-state index contributed by atoms with van der Waals surface area (Å²) in [6.45, 7) is 1.87. The maximum atomic E-state index is 5.26. The van der Waals surface area contributed by atoms with Crippen LogP contribution in [0.25, 0.3) is 0 Å². The molecule has 0 N–H and O–H groups in total. The summed E-state index contributed by atoms with van der Waals surface area (Å²) >= 11 is 1.84. The lowest BCUT2D eigenvalue weighted by atomic mass is 10.1. The Morgan fingerprint density at radius 1 is 1.35 bits per heavy atom. The van der Waals surface area contributed by atoms with Crippen molar-refractivity contribution in [3.05, 3.63) is 34.3 Å². The molecule has 17 heavy (non-hydrogen) atoms. The molecule has 0 fully saturated rings. The van der Waals surface area contributed by atoms with Crippen molar-refractivity contribution in [1.29, 1.82) is 0 Å². The molecule has 0 amide bonds. The molecule has 2 aromatic heterocycles. The lowest BCUT2D eigenvalue weighted by Crippen LogP contribution is -2.30. The lowest BCUT2D eigenvalue weighted by Gasteiger charge is -2.28. The van der Waals surface area contributed by atoms with Gasteiger partial charge in [-0.2, -0.15) is 0 Å². The van der Waals surface area contributed by atoms with Crippen molar-refractivity contribution in [2.45, 2.75) is 13.0 Å². The van der Waals surface area contributed by atoms with Gasteiger partial charge < -0.3 is 9.64 Å². The lowest BCUT2D eigenvalue weighted by molar-refractivity contribution is 0.394. The molecule has 0 unspecified atom stereocenters. The Hall–Kier alpha value is -1.62. The van der Waals surface area contributed by atoms with Crippen LogP contribution in [0.3, 0.4) is 0 Å². The van der Waals surface area contributed by atoms with Crippen LogP contribution < -0.4 is 9.64 Å². The largest absolute Gasteiger partial charge is 0.478 e. The standard InChI is InChI=1S/C12H13N3OS/c1-16-12-11(13-4-5-14-12)15-6-2-10-9(8-15)3-7-17-10/h3-5,7H,2,6,8H2,1H3. The van der Waals surface area contributed by atoms with E-state index in [1.165, 1.54) is 10.4 Å². The summed E-state index contributed by atoms with van der Waals surface area (Å²) in [7, 11) is 1.63. The van der Waals surface area contributed by atoms with Crippen LogP contribution in [-0.2, 0) is 13.0 Å².